The van der Waals surface area contributed by atoms with E-state index >= 15 is 0 Å². The fraction of sp³-hybridized carbons (Fsp3) is 0.667. The lowest BCUT2D eigenvalue weighted by molar-refractivity contribution is -0.114. The Morgan fingerprint density at radius 1 is 1.40 bits per heavy atom. The van der Waals surface area contributed by atoms with Crippen LogP contribution in [0.15, 0.2) is 11.4 Å². The molecule has 0 spiro atoms. The maximum absolute atomic E-state index is 11.1. The summed E-state index contributed by atoms with van der Waals surface area (Å²) in [7, 11) is 4.26. The van der Waals surface area contributed by atoms with Crippen molar-refractivity contribution in [3.05, 3.63) is 16.3 Å². The number of thiophene rings is 1. The first-order valence-corrected chi connectivity index (χ1v) is 7.99. The highest BCUT2D eigenvalue weighted by molar-refractivity contribution is 7.10. The zero-order valence-corrected chi connectivity index (χ0v) is 14.0. The molecular weight excluding hydrogens is 270 g/mol. The van der Waals surface area contributed by atoms with Gasteiger partial charge in [0.25, 0.3) is 0 Å². The van der Waals surface area contributed by atoms with Crippen LogP contribution in [0.4, 0.5) is 5.69 Å². The van der Waals surface area contributed by atoms with E-state index in [1.54, 1.807) is 18.3 Å². The molecule has 0 radical (unpaired) electrons. The third-order valence-electron chi connectivity index (χ3n) is 3.20. The van der Waals surface area contributed by atoms with E-state index in [-0.39, 0.29) is 5.91 Å². The van der Waals surface area contributed by atoms with Crippen LogP contribution in [0.3, 0.4) is 0 Å². The fourth-order valence-electron chi connectivity index (χ4n) is 2.15. The van der Waals surface area contributed by atoms with E-state index in [9.17, 15) is 4.79 Å². The van der Waals surface area contributed by atoms with Gasteiger partial charge >= 0.3 is 0 Å². The van der Waals surface area contributed by atoms with Crippen molar-refractivity contribution in [2.45, 2.75) is 39.8 Å². The zero-order chi connectivity index (χ0) is 15.1. The van der Waals surface area contributed by atoms with E-state index in [0.29, 0.717) is 12.0 Å². The van der Waals surface area contributed by atoms with Gasteiger partial charge in [-0.2, -0.15) is 0 Å². The summed E-state index contributed by atoms with van der Waals surface area (Å²) in [4.78, 5) is 14.6. The monoisotopic (exact) mass is 297 g/mol. The van der Waals surface area contributed by atoms with E-state index in [1.807, 2.05) is 11.4 Å². The Morgan fingerprint density at radius 2 is 2.10 bits per heavy atom. The average molecular weight is 297 g/mol. The Bertz CT molecular complexity index is 415. The van der Waals surface area contributed by atoms with Gasteiger partial charge in [-0.25, -0.2) is 0 Å². The number of nitrogens with one attached hydrogen (secondary N) is 2. The number of rotatable bonds is 8. The lowest BCUT2D eigenvalue weighted by atomic mass is 10.0. The first-order chi connectivity index (χ1) is 9.40. The summed E-state index contributed by atoms with van der Waals surface area (Å²) < 4.78 is 0. The SMILES string of the molecule is CC(=O)Nc1ccsc1CNCC(CC(C)C)N(C)C. The van der Waals surface area contributed by atoms with Crippen molar-refractivity contribution < 1.29 is 4.79 Å². The van der Waals surface area contributed by atoms with Crippen LogP contribution in [0.25, 0.3) is 0 Å². The van der Waals surface area contributed by atoms with Gasteiger partial charge in [0, 0.05) is 30.9 Å². The summed E-state index contributed by atoms with van der Waals surface area (Å²) in [5, 5.41) is 8.39. The largest absolute Gasteiger partial charge is 0.325 e. The number of carbonyl (C=O) groups excluding carboxylic acids is 1. The van der Waals surface area contributed by atoms with Gasteiger partial charge in [0.2, 0.25) is 5.91 Å². The molecule has 1 rings (SSSR count). The number of anilines is 1. The second-order valence-electron chi connectivity index (χ2n) is 5.82. The highest BCUT2D eigenvalue weighted by atomic mass is 32.1. The van der Waals surface area contributed by atoms with Crippen molar-refractivity contribution >= 4 is 22.9 Å². The van der Waals surface area contributed by atoms with Crippen molar-refractivity contribution in [2.75, 3.05) is 26.0 Å². The second-order valence-corrected chi connectivity index (χ2v) is 6.82. The van der Waals surface area contributed by atoms with Gasteiger partial charge in [-0.1, -0.05) is 13.8 Å². The van der Waals surface area contributed by atoms with E-state index in [2.05, 4.69) is 43.5 Å². The van der Waals surface area contributed by atoms with E-state index in [0.717, 1.165) is 18.8 Å². The lowest BCUT2D eigenvalue weighted by Crippen LogP contribution is -2.38. The normalized spacial score (nSPS) is 12.9. The lowest BCUT2D eigenvalue weighted by Gasteiger charge is -2.26. The van der Waals surface area contributed by atoms with E-state index < -0.39 is 0 Å². The number of hydrogen-bond donors (Lipinski definition) is 2. The third-order valence-corrected chi connectivity index (χ3v) is 4.12. The first-order valence-electron chi connectivity index (χ1n) is 7.11. The summed E-state index contributed by atoms with van der Waals surface area (Å²) in [5.74, 6) is 0.677. The molecule has 1 unspecified atom stereocenters. The number of amides is 1. The minimum Gasteiger partial charge on any atom is -0.325 e. The molecule has 0 aromatic carbocycles. The molecule has 20 heavy (non-hydrogen) atoms. The first kappa shape index (κ1) is 17.1. The topological polar surface area (TPSA) is 44.4 Å². The summed E-state index contributed by atoms with van der Waals surface area (Å²) in [6.45, 7) is 7.81. The molecule has 0 saturated heterocycles. The second kappa shape index (κ2) is 8.39. The van der Waals surface area contributed by atoms with Crippen molar-refractivity contribution in [1.82, 2.24) is 10.2 Å². The van der Waals surface area contributed by atoms with Gasteiger partial charge in [-0.3, -0.25) is 4.79 Å². The molecule has 0 aliphatic carbocycles. The minimum absolute atomic E-state index is 0.0179. The highest BCUT2D eigenvalue weighted by Crippen LogP contribution is 2.22. The molecule has 1 atom stereocenters. The molecule has 1 heterocycles. The van der Waals surface area contributed by atoms with Crippen LogP contribution in [0.5, 0.6) is 0 Å². The van der Waals surface area contributed by atoms with Gasteiger partial charge in [0.15, 0.2) is 0 Å². The quantitative estimate of drug-likeness (QED) is 0.775. The third kappa shape index (κ3) is 6.03. The number of nitrogens with zero attached hydrogens (tertiary/aromatic N) is 1. The summed E-state index contributed by atoms with van der Waals surface area (Å²) in [5.41, 5.74) is 0.931. The molecule has 0 saturated carbocycles. The van der Waals surface area contributed by atoms with Crippen molar-refractivity contribution in [3.8, 4) is 0 Å². The van der Waals surface area contributed by atoms with Crippen molar-refractivity contribution in [3.63, 3.8) is 0 Å². The van der Waals surface area contributed by atoms with Gasteiger partial charge in [0.1, 0.15) is 0 Å². The number of hydrogen-bond acceptors (Lipinski definition) is 4. The Hall–Kier alpha value is -0.910. The number of likely N-dealkylation sites (N-methyl/N-ethyl adjacent to an activating group) is 1. The smallest absolute Gasteiger partial charge is 0.221 e. The average Bonchev–Trinajstić information content (AvgIpc) is 2.74. The summed E-state index contributed by atoms with van der Waals surface area (Å²) in [6, 6.07) is 2.50. The van der Waals surface area contributed by atoms with E-state index in [4.69, 9.17) is 0 Å². The predicted molar refractivity (Wildman–Crippen MR) is 87.3 cm³/mol. The summed E-state index contributed by atoms with van der Waals surface area (Å²) in [6.07, 6.45) is 1.18. The Balaban J connectivity index is 2.46. The Kier molecular flexibility index (Phi) is 7.19. The molecular formula is C15H27N3OS. The van der Waals surface area contributed by atoms with Crippen molar-refractivity contribution in [2.24, 2.45) is 5.92 Å². The molecule has 2 N–H and O–H groups in total. The maximum Gasteiger partial charge on any atom is 0.221 e. The van der Waals surface area contributed by atoms with Gasteiger partial charge in [0.05, 0.1) is 5.69 Å². The molecule has 1 aromatic heterocycles. The summed E-state index contributed by atoms with van der Waals surface area (Å²) >= 11 is 1.67. The van der Waals surface area contributed by atoms with Gasteiger partial charge in [-0.05, 0) is 37.9 Å². The van der Waals surface area contributed by atoms with Gasteiger partial charge < -0.3 is 15.5 Å². The predicted octanol–water partition coefficient (Wildman–Crippen LogP) is 2.77. The van der Waals surface area contributed by atoms with E-state index in [1.165, 1.54) is 11.3 Å². The Labute approximate surface area is 126 Å². The van der Waals surface area contributed by atoms with Gasteiger partial charge in [-0.15, -0.1) is 11.3 Å². The molecule has 0 bridgehead atoms. The van der Waals surface area contributed by atoms with Crippen LogP contribution in [0.2, 0.25) is 0 Å². The fourth-order valence-corrected chi connectivity index (χ4v) is 2.95. The maximum atomic E-state index is 11.1. The molecule has 5 heteroatoms. The molecule has 1 amide bonds. The molecule has 1 aromatic rings. The Morgan fingerprint density at radius 3 is 2.65 bits per heavy atom. The van der Waals surface area contributed by atoms with Crippen LogP contribution in [-0.2, 0) is 11.3 Å². The van der Waals surface area contributed by atoms with Crippen LogP contribution in [0.1, 0.15) is 32.1 Å². The highest BCUT2D eigenvalue weighted by Gasteiger charge is 2.13. The minimum atomic E-state index is -0.0179. The molecule has 0 aliphatic heterocycles. The van der Waals surface area contributed by atoms with Crippen LogP contribution >= 0.6 is 11.3 Å². The van der Waals surface area contributed by atoms with Crippen LogP contribution in [-0.4, -0.2) is 37.5 Å². The standard InChI is InChI=1S/C15H27N3OS/c1-11(2)8-13(18(4)5)9-16-10-15-14(6-7-20-15)17-12(3)19/h6-7,11,13,16H,8-10H2,1-5H3,(H,17,19). The van der Waals surface area contributed by atoms with Crippen molar-refractivity contribution in [1.29, 1.82) is 0 Å². The number of carbonyl (C=O) groups is 1. The molecule has 0 fully saturated rings. The molecule has 114 valence electrons. The van der Waals surface area contributed by atoms with Crippen LogP contribution < -0.4 is 10.6 Å². The molecule has 4 nitrogen and oxygen atoms in total. The van der Waals surface area contributed by atoms with Crippen LogP contribution in [0, 0.1) is 5.92 Å². The molecule has 0 aliphatic rings. The zero-order valence-electron chi connectivity index (χ0n) is 13.2.